The van der Waals surface area contributed by atoms with Crippen LogP contribution in [0, 0.1) is 0 Å². The van der Waals surface area contributed by atoms with E-state index in [2.05, 4.69) is 10.3 Å². The molecule has 1 heterocycles. The molecule has 1 aromatic heterocycles. The number of hydrogen-bond donors (Lipinski definition) is 2. The van der Waals surface area contributed by atoms with E-state index in [1.54, 1.807) is 0 Å². The van der Waals surface area contributed by atoms with Gasteiger partial charge in [0.15, 0.2) is 5.13 Å². The van der Waals surface area contributed by atoms with Gasteiger partial charge < -0.3 is 4.74 Å². The molecule has 162 valence electrons. The van der Waals surface area contributed by atoms with E-state index in [1.807, 2.05) is 60.7 Å². The number of primary sulfonamides is 1. The molecule has 3 N–H and O–H groups in total. The third-order valence-corrected chi connectivity index (χ3v) is 6.61. The fourth-order valence-corrected chi connectivity index (χ4v) is 4.68. The molecule has 0 atom stereocenters. The van der Waals surface area contributed by atoms with Crippen LogP contribution in [0.1, 0.15) is 10.4 Å². The van der Waals surface area contributed by atoms with Gasteiger partial charge in [-0.15, -0.1) is 0 Å². The summed E-state index contributed by atoms with van der Waals surface area (Å²) in [6.45, 7) is 0. The van der Waals surface area contributed by atoms with Gasteiger partial charge in [-0.1, -0.05) is 72.0 Å². The predicted molar refractivity (Wildman–Crippen MR) is 125 cm³/mol. The van der Waals surface area contributed by atoms with E-state index < -0.39 is 15.9 Å². The van der Waals surface area contributed by atoms with E-state index in [0.717, 1.165) is 21.7 Å². The van der Waals surface area contributed by atoms with Crippen LogP contribution in [-0.2, 0) is 10.0 Å². The second-order valence-corrected chi connectivity index (χ2v) is 9.35. The summed E-state index contributed by atoms with van der Waals surface area (Å²) < 4.78 is 28.7. The van der Waals surface area contributed by atoms with Crippen LogP contribution in [0.25, 0.3) is 21.7 Å². The molecule has 0 aliphatic rings. The van der Waals surface area contributed by atoms with E-state index in [9.17, 15) is 13.2 Å². The van der Waals surface area contributed by atoms with Gasteiger partial charge in [0, 0.05) is 5.56 Å². The number of rotatable bonds is 6. The number of amides is 1. The molecule has 9 heteroatoms. The zero-order chi connectivity index (χ0) is 22.7. The Morgan fingerprint density at radius 3 is 2.19 bits per heavy atom. The van der Waals surface area contributed by atoms with E-state index in [-0.39, 0.29) is 16.2 Å². The Morgan fingerprint density at radius 1 is 0.969 bits per heavy atom. The number of nitrogens with two attached hydrogens (primary N) is 1. The molecular weight excluding hydrogens is 446 g/mol. The molecule has 1 amide bonds. The lowest BCUT2D eigenvalue weighted by molar-refractivity contribution is 0.102. The van der Waals surface area contributed by atoms with Crippen LogP contribution >= 0.6 is 11.3 Å². The van der Waals surface area contributed by atoms with Crippen LogP contribution in [0.2, 0.25) is 0 Å². The number of benzene rings is 3. The molecule has 0 aliphatic heterocycles. The lowest BCUT2D eigenvalue weighted by atomic mass is 10.1. The largest absolute Gasteiger partial charge is 0.496 e. The standard InChI is InChI=1S/C23H19N3O4S2/c1-30-19-13-12-17(32(24,28)29)14-18(19)22(27)26-23-25-20(15-8-4-2-5-9-15)21(31-23)16-10-6-3-7-11-16/h2-14H,1H3,(H2,24,28,29)(H,25,26,27). The summed E-state index contributed by atoms with van der Waals surface area (Å²) in [7, 11) is -2.58. The van der Waals surface area contributed by atoms with Gasteiger partial charge in [0.2, 0.25) is 10.0 Å². The fourth-order valence-electron chi connectivity index (χ4n) is 3.16. The first-order valence-corrected chi connectivity index (χ1v) is 11.9. The maximum atomic E-state index is 13.0. The number of nitrogens with zero attached hydrogens (tertiary/aromatic N) is 1. The zero-order valence-electron chi connectivity index (χ0n) is 17.0. The monoisotopic (exact) mass is 465 g/mol. The number of aromatic nitrogens is 1. The Balaban J connectivity index is 1.74. The number of ether oxygens (including phenoxy) is 1. The number of thiazole rings is 1. The lowest BCUT2D eigenvalue weighted by Gasteiger charge is -2.09. The quantitative estimate of drug-likeness (QED) is 0.439. The lowest BCUT2D eigenvalue weighted by Crippen LogP contribution is -2.16. The molecule has 0 fully saturated rings. The number of methoxy groups -OCH3 is 1. The third kappa shape index (κ3) is 4.54. The molecule has 0 spiro atoms. The highest BCUT2D eigenvalue weighted by molar-refractivity contribution is 7.89. The van der Waals surface area contributed by atoms with Gasteiger partial charge in [0.05, 0.1) is 28.1 Å². The molecule has 0 bridgehead atoms. The zero-order valence-corrected chi connectivity index (χ0v) is 18.6. The number of anilines is 1. The highest BCUT2D eigenvalue weighted by atomic mass is 32.2. The van der Waals surface area contributed by atoms with Gasteiger partial charge in [-0.2, -0.15) is 0 Å². The highest BCUT2D eigenvalue weighted by Gasteiger charge is 2.20. The van der Waals surface area contributed by atoms with Crippen molar-refractivity contribution in [2.24, 2.45) is 5.14 Å². The minimum atomic E-state index is -3.98. The molecule has 0 saturated heterocycles. The fraction of sp³-hybridized carbons (Fsp3) is 0.0435. The van der Waals surface area contributed by atoms with Crippen molar-refractivity contribution in [3.63, 3.8) is 0 Å². The van der Waals surface area contributed by atoms with Crippen molar-refractivity contribution in [2.75, 3.05) is 12.4 Å². The van der Waals surface area contributed by atoms with E-state index in [1.165, 1.54) is 36.6 Å². The topological polar surface area (TPSA) is 111 Å². The third-order valence-electron chi connectivity index (χ3n) is 4.67. The molecular formula is C23H19N3O4S2. The Kier molecular flexibility index (Phi) is 6.04. The average molecular weight is 466 g/mol. The first-order chi connectivity index (χ1) is 15.4. The highest BCUT2D eigenvalue weighted by Crippen LogP contribution is 2.39. The minimum Gasteiger partial charge on any atom is -0.496 e. The first kappa shape index (κ1) is 21.7. The van der Waals surface area contributed by atoms with Crippen molar-refractivity contribution >= 4 is 32.4 Å². The Labute approximate surface area is 189 Å². The van der Waals surface area contributed by atoms with Gasteiger partial charge in [-0.05, 0) is 23.8 Å². The summed E-state index contributed by atoms with van der Waals surface area (Å²) in [4.78, 5) is 18.4. The van der Waals surface area contributed by atoms with Gasteiger partial charge >= 0.3 is 0 Å². The van der Waals surface area contributed by atoms with Gasteiger partial charge in [0.25, 0.3) is 5.91 Å². The van der Waals surface area contributed by atoms with Crippen molar-refractivity contribution in [2.45, 2.75) is 4.90 Å². The average Bonchev–Trinajstić information content (AvgIpc) is 3.23. The van der Waals surface area contributed by atoms with Crippen LogP contribution in [0.15, 0.2) is 83.8 Å². The molecule has 7 nitrogen and oxygen atoms in total. The molecule has 0 saturated carbocycles. The number of sulfonamides is 1. The van der Waals surface area contributed by atoms with Gasteiger partial charge in [-0.3, -0.25) is 10.1 Å². The molecule has 0 aliphatic carbocycles. The summed E-state index contributed by atoms with van der Waals surface area (Å²) in [5, 5.41) is 8.35. The summed E-state index contributed by atoms with van der Waals surface area (Å²) in [6.07, 6.45) is 0. The van der Waals surface area contributed by atoms with E-state index in [0.29, 0.717) is 5.13 Å². The van der Waals surface area contributed by atoms with E-state index in [4.69, 9.17) is 9.88 Å². The van der Waals surface area contributed by atoms with Crippen molar-refractivity contribution < 1.29 is 17.9 Å². The second-order valence-electron chi connectivity index (χ2n) is 6.79. The maximum absolute atomic E-state index is 13.0. The van der Waals surface area contributed by atoms with Crippen LogP contribution in [0.3, 0.4) is 0 Å². The second kappa shape index (κ2) is 8.91. The number of hydrogen-bond acceptors (Lipinski definition) is 6. The van der Waals surface area contributed by atoms with Crippen LogP contribution in [-0.4, -0.2) is 26.4 Å². The van der Waals surface area contributed by atoms with Crippen molar-refractivity contribution in [1.29, 1.82) is 0 Å². The summed E-state index contributed by atoms with van der Waals surface area (Å²) in [5.41, 5.74) is 2.66. The summed E-state index contributed by atoms with van der Waals surface area (Å²) in [6, 6.07) is 23.3. The smallest absolute Gasteiger partial charge is 0.261 e. The normalized spacial score (nSPS) is 11.2. The Morgan fingerprint density at radius 2 is 1.59 bits per heavy atom. The maximum Gasteiger partial charge on any atom is 0.261 e. The Hall–Kier alpha value is -3.53. The number of nitrogens with one attached hydrogen (secondary N) is 1. The van der Waals surface area contributed by atoms with Crippen molar-refractivity contribution in [3.05, 3.63) is 84.4 Å². The summed E-state index contributed by atoms with van der Waals surface area (Å²) >= 11 is 1.33. The number of carbonyl (C=O) groups excluding carboxylic acids is 1. The number of carbonyl (C=O) groups is 1. The Bertz CT molecular complexity index is 1310. The molecule has 32 heavy (non-hydrogen) atoms. The molecule has 4 rings (SSSR count). The van der Waals surface area contributed by atoms with E-state index >= 15 is 0 Å². The summed E-state index contributed by atoms with van der Waals surface area (Å²) in [5.74, 6) is -0.335. The first-order valence-electron chi connectivity index (χ1n) is 9.50. The van der Waals surface area contributed by atoms with Crippen molar-refractivity contribution in [1.82, 2.24) is 4.98 Å². The van der Waals surface area contributed by atoms with Gasteiger partial charge in [-0.25, -0.2) is 18.5 Å². The molecule has 0 unspecified atom stereocenters. The molecule has 3 aromatic carbocycles. The van der Waals surface area contributed by atoms with Crippen LogP contribution < -0.4 is 15.2 Å². The molecule has 0 radical (unpaired) electrons. The van der Waals surface area contributed by atoms with Gasteiger partial charge in [0.1, 0.15) is 5.75 Å². The van der Waals surface area contributed by atoms with Crippen LogP contribution in [0.4, 0.5) is 5.13 Å². The van der Waals surface area contributed by atoms with Crippen LogP contribution in [0.5, 0.6) is 5.75 Å². The van der Waals surface area contributed by atoms with Crippen molar-refractivity contribution in [3.8, 4) is 27.4 Å². The molecule has 4 aromatic rings. The minimum absolute atomic E-state index is 0.0387. The SMILES string of the molecule is COc1ccc(S(N)(=O)=O)cc1C(=O)Nc1nc(-c2ccccc2)c(-c2ccccc2)s1. The predicted octanol–water partition coefficient (Wildman–Crippen LogP) is 4.39.